The molecule has 25 heavy (non-hydrogen) atoms. The van der Waals surface area contributed by atoms with Gasteiger partial charge < -0.3 is 14.8 Å². The molecule has 0 atom stereocenters. The number of hydrogen-bond acceptors (Lipinski definition) is 5. The van der Waals surface area contributed by atoms with Crippen LogP contribution in [0.15, 0.2) is 18.2 Å². The number of rotatable bonds is 3. The lowest BCUT2D eigenvalue weighted by molar-refractivity contribution is -0.144. The van der Waals surface area contributed by atoms with Gasteiger partial charge in [0.25, 0.3) is 0 Å². The zero-order valence-corrected chi connectivity index (χ0v) is 13.9. The van der Waals surface area contributed by atoms with E-state index >= 15 is 0 Å². The van der Waals surface area contributed by atoms with Gasteiger partial charge in [-0.3, -0.25) is 19.3 Å². The molecule has 7 heteroatoms. The van der Waals surface area contributed by atoms with Gasteiger partial charge in [-0.2, -0.15) is 0 Å². The molecule has 0 radical (unpaired) electrons. The van der Waals surface area contributed by atoms with Gasteiger partial charge in [0, 0.05) is 18.2 Å². The minimum absolute atomic E-state index is 0.158. The van der Waals surface area contributed by atoms with E-state index in [1.54, 1.807) is 18.2 Å². The van der Waals surface area contributed by atoms with Crippen molar-refractivity contribution in [1.82, 2.24) is 4.90 Å². The van der Waals surface area contributed by atoms with Gasteiger partial charge in [-0.15, -0.1) is 0 Å². The Labute approximate surface area is 145 Å². The Morgan fingerprint density at radius 2 is 1.88 bits per heavy atom. The Balaban J connectivity index is 1.42. The fourth-order valence-electron chi connectivity index (χ4n) is 3.96. The summed E-state index contributed by atoms with van der Waals surface area (Å²) in [4.78, 5) is 38.4. The van der Waals surface area contributed by atoms with Gasteiger partial charge in [-0.05, 0) is 25.0 Å². The van der Waals surface area contributed by atoms with Crippen molar-refractivity contribution in [2.75, 3.05) is 18.7 Å². The summed E-state index contributed by atoms with van der Waals surface area (Å²) < 4.78 is 10.5. The van der Waals surface area contributed by atoms with E-state index in [0.29, 0.717) is 17.2 Å². The summed E-state index contributed by atoms with van der Waals surface area (Å²) in [6.07, 6.45) is 4.78. The van der Waals surface area contributed by atoms with Crippen LogP contribution in [0.1, 0.15) is 38.5 Å². The highest BCUT2D eigenvalue weighted by Gasteiger charge is 2.51. The SMILES string of the molecule is O=C(CN1C(=O)CC2(CCCCC2)C1=O)Nc1ccc2c(c1)OCO2. The molecule has 1 aromatic rings. The zero-order valence-electron chi connectivity index (χ0n) is 13.9. The standard InChI is InChI=1S/C18H20N2O5/c21-15(19-12-4-5-13-14(8-12)25-11-24-13)10-20-16(22)9-18(17(20)23)6-2-1-3-7-18/h4-5,8H,1-3,6-7,9-11H2,(H,19,21). The lowest BCUT2D eigenvalue weighted by atomic mass is 9.73. The lowest BCUT2D eigenvalue weighted by Gasteiger charge is -2.30. The smallest absolute Gasteiger partial charge is 0.244 e. The maximum Gasteiger partial charge on any atom is 0.244 e. The van der Waals surface area contributed by atoms with Gasteiger partial charge >= 0.3 is 0 Å². The third-order valence-corrected chi connectivity index (χ3v) is 5.26. The molecule has 2 heterocycles. The molecule has 4 rings (SSSR count). The van der Waals surface area contributed by atoms with Crippen LogP contribution in [0.3, 0.4) is 0 Å². The number of fused-ring (bicyclic) bond motifs is 1. The van der Waals surface area contributed by atoms with E-state index in [9.17, 15) is 14.4 Å². The molecule has 3 aliphatic rings. The summed E-state index contributed by atoms with van der Waals surface area (Å²) >= 11 is 0. The van der Waals surface area contributed by atoms with E-state index in [0.717, 1.165) is 37.0 Å². The molecule has 3 amide bonds. The molecular weight excluding hydrogens is 324 g/mol. The number of imide groups is 1. The highest BCUT2D eigenvalue weighted by atomic mass is 16.7. The molecule has 0 aromatic heterocycles. The summed E-state index contributed by atoms with van der Waals surface area (Å²) in [5.74, 6) is 0.369. The molecule has 1 saturated carbocycles. The highest BCUT2D eigenvalue weighted by Crippen LogP contribution is 2.45. The number of nitrogens with one attached hydrogen (secondary N) is 1. The van der Waals surface area contributed by atoms with Crippen LogP contribution in [0.4, 0.5) is 5.69 Å². The van der Waals surface area contributed by atoms with Gasteiger partial charge in [-0.25, -0.2) is 0 Å². The van der Waals surface area contributed by atoms with Crippen molar-refractivity contribution in [2.45, 2.75) is 38.5 Å². The Kier molecular flexibility index (Phi) is 3.86. The molecule has 1 spiro atoms. The second-order valence-electron chi connectivity index (χ2n) is 6.92. The Morgan fingerprint density at radius 3 is 2.68 bits per heavy atom. The summed E-state index contributed by atoms with van der Waals surface area (Å²) in [5, 5.41) is 2.71. The van der Waals surface area contributed by atoms with Crippen molar-refractivity contribution in [1.29, 1.82) is 0 Å². The normalized spacial score (nSPS) is 21.0. The first-order valence-electron chi connectivity index (χ1n) is 8.62. The number of hydrogen-bond donors (Lipinski definition) is 1. The zero-order chi connectivity index (χ0) is 17.4. The summed E-state index contributed by atoms with van der Waals surface area (Å²) in [5.41, 5.74) is -0.0188. The number of carbonyl (C=O) groups is 3. The van der Waals surface area contributed by atoms with Gasteiger partial charge in [0.05, 0.1) is 5.41 Å². The minimum Gasteiger partial charge on any atom is -0.454 e. The quantitative estimate of drug-likeness (QED) is 0.849. The maximum absolute atomic E-state index is 12.7. The maximum atomic E-state index is 12.7. The van der Waals surface area contributed by atoms with E-state index in [4.69, 9.17) is 9.47 Å². The van der Waals surface area contributed by atoms with Crippen LogP contribution in [0.25, 0.3) is 0 Å². The van der Waals surface area contributed by atoms with Crippen molar-refractivity contribution < 1.29 is 23.9 Å². The van der Waals surface area contributed by atoms with Gasteiger partial charge in [0.15, 0.2) is 11.5 Å². The first-order valence-corrected chi connectivity index (χ1v) is 8.62. The Hall–Kier alpha value is -2.57. The number of carbonyl (C=O) groups excluding carboxylic acids is 3. The Bertz CT molecular complexity index is 739. The average Bonchev–Trinajstić information content (AvgIpc) is 3.14. The fraction of sp³-hybridized carbons (Fsp3) is 0.500. The Morgan fingerprint density at radius 1 is 1.12 bits per heavy atom. The summed E-state index contributed by atoms with van der Waals surface area (Å²) in [6, 6.07) is 5.07. The van der Waals surface area contributed by atoms with Crippen molar-refractivity contribution >= 4 is 23.4 Å². The predicted octanol–water partition coefficient (Wildman–Crippen LogP) is 2.06. The highest BCUT2D eigenvalue weighted by molar-refractivity contribution is 6.09. The second-order valence-corrected chi connectivity index (χ2v) is 6.92. The lowest BCUT2D eigenvalue weighted by Crippen LogP contribution is -2.41. The first kappa shape index (κ1) is 15.9. The molecule has 0 bridgehead atoms. The van der Waals surface area contributed by atoms with Crippen LogP contribution in [0.5, 0.6) is 11.5 Å². The predicted molar refractivity (Wildman–Crippen MR) is 88.0 cm³/mol. The molecule has 1 N–H and O–H groups in total. The van der Waals surface area contributed by atoms with Crippen molar-refractivity contribution in [3.05, 3.63) is 18.2 Å². The van der Waals surface area contributed by atoms with E-state index in [1.807, 2.05) is 0 Å². The molecule has 132 valence electrons. The topological polar surface area (TPSA) is 84.9 Å². The molecule has 1 saturated heterocycles. The molecule has 1 aliphatic carbocycles. The van der Waals surface area contributed by atoms with Crippen molar-refractivity contribution in [3.63, 3.8) is 0 Å². The van der Waals surface area contributed by atoms with E-state index in [1.165, 1.54) is 0 Å². The largest absolute Gasteiger partial charge is 0.454 e. The van der Waals surface area contributed by atoms with E-state index in [2.05, 4.69) is 5.32 Å². The van der Waals surface area contributed by atoms with Crippen LogP contribution >= 0.6 is 0 Å². The van der Waals surface area contributed by atoms with Crippen LogP contribution in [-0.4, -0.2) is 36.0 Å². The number of ether oxygens (including phenoxy) is 2. The molecule has 2 fully saturated rings. The monoisotopic (exact) mass is 344 g/mol. The second kappa shape index (κ2) is 6.06. The van der Waals surface area contributed by atoms with Crippen LogP contribution in [0, 0.1) is 5.41 Å². The van der Waals surface area contributed by atoms with E-state index < -0.39 is 11.3 Å². The number of amides is 3. The number of likely N-dealkylation sites (tertiary alicyclic amines) is 1. The molecular formula is C18H20N2O5. The van der Waals surface area contributed by atoms with E-state index in [-0.39, 0.29) is 31.6 Å². The average molecular weight is 344 g/mol. The molecule has 1 aromatic carbocycles. The molecule has 2 aliphatic heterocycles. The number of anilines is 1. The van der Waals surface area contributed by atoms with Crippen LogP contribution in [-0.2, 0) is 14.4 Å². The van der Waals surface area contributed by atoms with Gasteiger partial charge in [0.1, 0.15) is 6.54 Å². The van der Waals surface area contributed by atoms with Crippen molar-refractivity contribution in [3.8, 4) is 11.5 Å². The summed E-state index contributed by atoms with van der Waals surface area (Å²) in [7, 11) is 0. The fourth-order valence-corrected chi connectivity index (χ4v) is 3.96. The summed E-state index contributed by atoms with van der Waals surface area (Å²) in [6.45, 7) is -0.0839. The molecule has 7 nitrogen and oxygen atoms in total. The third kappa shape index (κ3) is 2.83. The third-order valence-electron chi connectivity index (χ3n) is 5.26. The minimum atomic E-state index is -0.561. The number of benzene rings is 1. The molecule has 0 unspecified atom stereocenters. The van der Waals surface area contributed by atoms with Gasteiger partial charge in [0.2, 0.25) is 24.5 Å². The number of nitrogens with zero attached hydrogens (tertiary/aromatic N) is 1. The van der Waals surface area contributed by atoms with Crippen LogP contribution in [0.2, 0.25) is 0 Å². The first-order chi connectivity index (χ1) is 12.1. The van der Waals surface area contributed by atoms with Gasteiger partial charge in [-0.1, -0.05) is 19.3 Å². The van der Waals surface area contributed by atoms with Crippen molar-refractivity contribution in [2.24, 2.45) is 5.41 Å². The van der Waals surface area contributed by atoms with Crippen LogP contribution < -0.4 is 14.8 Å².